The number of ether oxygens (including phenoxy) is 3. The van der Waals surface area contributed by atoms with Crippen molar-refractivity contribution >= 4 is 5.97 Å². The molecule has 1 aromatic rings. The molecule has 1 aliphatic rings. The summed E-state index contributed by atoms with van der Waals surface area (Å²) in [6.45, 7) is 0.177. The lowest BCUT2D eigenvalue weighted by molar-refractivity contribution is -0.343. The molecule has 2 unspecified atom stereocenters. The maximum atomic E-state index is 14.4. The van der Waals surface area contributed by atoms with Crippen molar-refractivity contribution in [2.24, 2.45) is 5.92 Å². The smallest absolute Gasteiger partial charge is 0.342 e. The van der Waals surface area contributed by atoms with Crippen LogP contribution >= 0.6 is 0 Å². The van der Waals surface area contributed by atoms with Crippen molar-refractivity contribution in [1.82, 2.24) is 0 Å². The molecular formula is C15H19FO5. The zero-order valence-electron chi connectivity index (χ0n) is 12.0. The molecule has 0 saturated heterocycles. The molecular weight excluding hydrogens is 279 g/mol. The van der Waals surface area contributed by atoms with E-state index in [4.69, 9.17) is 19.3 Å². The molecule has 0 aliphatic heterocycles. The number of aliphatic carboxylic acids is 1. The van der Waals surface area contributed by atoms with Crippen LogP contribution in [0.3, 0.4) is 0 Å². The standard InChI is InChI=1S/C15H19FO5/c1-19-15(20-2)10-14(16,13(17)18)12(15)9-21-8-11-6-4-3-5-7-11/h3-7,12H,8-10H2,1-2H3,(H,17,18). The van der Waals surface area contributed by atoms with E-state index in [-0.39, 0.29) is 19.6 Å². The molecule has 21 heavy (non-hydrogen) atoms. The normalized spacial score (nSPS) is 27.1. The van der Waals surface area contributed by atoms with Gasteiger partial charge >= 0.3 is 5.97 Å². The highest BCUT2D eigenvalue weighted by atomic mass is 19.1. The largest absolute Gasteiger partial charge is 0.479 e. The van der Waals surface area contributed by atoms with Crippen molar-refractivity contribution in [3.8, 4) is 0 Å². The third-order valence-corrected chi connectivity index (χ3v) is 4.03. The SMILES string of the molecule is COC1(OC)CC(F)(C(=O)O)C1COCc1ccccc1. The van der Waals surface area contributed by atoms with Crippen LogP contribution in [0.1, 0.15) is 12.0 Å². The molecule has 0 aromatic heterocycles. The lowest BCUT2D eigenvalue weighted by Crippen LogP contribution is -2.70. The fourth-order valence-corrected chi connectivity index (χ4v) is 2.69. The third-order valence-electron chi connectivity index (χ3n) is 4.03. The molecule has 0 spiro atoms. The van der Waals surface area contributed by atoms with E-state index in [0.717, 1.165) is 5.56 Å². The molecule has 1 saturated carbocycles. The van der Waals surface area contributed by atoms with Gasteiger partial charge in [-0.1, -0.05) is 30.3 Å². The van der Waals surface area contributed by atoms with E-state index in [9.17, 15) is 9.18 Å². The van der Waals surface area contributed by atoms with Crippen molar-refractivity contribution in [2.45, 2.75) is 24.5 Å². The Bertz CT molecular complexity index is 488. The Morgan fingerprint density at radius 3 is 2.48 bits per heavy atom. The van der Waals surface area contributed by atoms with E-state index in [1.807, 2.05) is 30.3 Å². The van der Waals surface area contributed by atoms with Crippen LogP contribution in [0.5, 0.6) is 0 Å². The van der Waals surface area contributed by atoms with Gasteiger partial charge in [-0.25, -0.2) is 9.18 Å². The van der Waals surface area contributed by atoms with Crippen LogP contribution in [0.4, 0.5) is 4.39 Å². The van der Waals surface area contributed by atoms with Gasteiger partial charge in [0, 0.05) is 20.6 Å². The van der Waals surface area contributed by atoms with E-state index < -0.39 is 23.3 Å². The van der Waals surface area contributed by atoms with Gasteiger partial charge in [0.15, 0.2) is 5.79 Å². The predicted octanol–water partition coefficient (Wildman–Crippen LogP) is 2.01. The molecule has 1 N–H and O–H groups in total. The molecule has 0 bridgehead atoms. The van der Waals surface area contributed by atoms with Gasteiger partial charge in [-0.2, -0.15) is 0 Å². The molecule has 5 nitrogen and oxygen atoms in total. The minimum atomic E-state index is -2.39. The van der Waals surface area contributed by atoms with Crippen molar-refractivity contribution in [3.63, 3.8) is 0 Å². The van der Waals surface area contributed by atoms with Gasteiger partial charge in [0.1, 0.15) is 0 Å². The zero-order chi connectivity index (χ0) is 15.5. The third kappa shape index (κ3) is 2.79. The highest BCUT2D eigenvalue weighted by molar-refractivity contribution is 5.80. The summed E-state index contributed by atoms with van der Waals surface area (Å²) in [6, 6.07) is 9.37. The second kappa shape index (κ2) is 6.09. The lowest BCUT2D eigenvalue weighted by Gasteiger charge is -2.53. The van der Waals surface area contributed by atoms with E-state index in [1.165, 1.54) is 14.2 Å². The van der Waals surface area contributed by atoms with Crippen molar-refractivity contribution < 1.29 is 28.5 Å². The highest BCUT2D eigenvalue weighted by Crippen LogP contribution is 2.52. The van der Waals surface area contributed by atoms with E-state index in [2.05, 4.69) is 0 Å². The Morgan fingerprint density at radius 2 is 1.95 bits per heavy atom. The van der Waals surface area contributed by atoms with Gasteiger partial charge in [-0.15, -0.1) is 0 Å². The summed E-state index contributed by atoms with van der Waals surface area (Å²) in [5, 5.41) is 9.06. The molecule has 0 radical (unpaired) electrons. The van der Waals surface area contributed by atoms with Crippen LogP contribution in [-0.2, 0) is 25.6 Å². The Labute approximate surface area is 122 Å². The van der Waals surface area contributed by atoms with Crippen LogP contribution in [0.15, 0.2) is 30.3 Å². The second-order valence-corrected chi connectivity index (χ2v) is 5.12. The monoisotopic (exact) mass is 298 g/mol. The molecule has 1 aromatic carbocycles. The van der Waals surface area contributed by atoms with E-state index in [0.29, 0.717) is 0 Å². The zero-order valence-corrected chi connectivity index (χ0v) is 12.0. The average molecular weight is 298 g/mol. The van der Waals surface area contributed by atoms with Crippen LogP contribution < -0.4 is 0 Å². The first-order valence-electron chi connectivity index (χ1n) is 6.63. The van der Waals surface area contributed by atoms with Gasteiger partial charge in [0.25, 0.3) is 0 Å². The molecule has 2 rings (SSSR count). The van der Waals surface area contributed by atoms with Crippen molar-refractivity contribution in [3.05, 3.63) is 35.9 Å². The maximum Gasteiger partial charge on any atom is 0.342 e. The minimum Gasteiger partial charge on any atom is -0.479 e. The molecule has 2 atom stereocenters. The topological polar surface area (TPSA) is 65.0 Å². The van der Waals surface area contributed by atoms with Gasteiger partial charge in [0.2, 0.25) is 5.67 Å². The van der Waals surface area contributed by atoms with E-state index in [1.54, 1.807) is 0 Å². The maximum absolute atomic E-state index is 14.4. The van der Waals surface area contributed by atoms with Gasteiger partial charge in [0.05, 0.1) is 19.1 Å². The Kier molecular flexibility index (Phi) is 4.61. The minimum absolute atomic E-state index is 0.0978. The van der Waals surface area contributed by atoms with Gasteiger partial charge < -0.3 is 19.3 Å². The Morgan fingerprint density at radius 1 is 1.33 bits per heavy atom. The summed E-state index contributed by atoms with van der Waals surface area (Å²) in [5.74, 6) is -3.77. The quantitative estimate of drug-likeness (QED) is 0.780. The van der Waals surface area contributed by atoms with Gasteiger partial charge in [-0.3, -0.25) is 0 Å². The van der Waals surface area contributed by atoms with Crippen molar-refractivity contribution in [2.75, 3.05) is 20.8 Å². The molecule has 0 heterocycles. The van der Waals surface area contributed by atoms with Crippen LogP contribution in [0.2, 0.25) is 0 Å². The summed E-state index contributed by atoms with van der Waals surface area (Å²) in [7, 11) is 2.74. The number of carboxylic acids is 1. The second-order valence-electron chi connectivity index (χ2n) is 5.12. The molecule has 0 amide bonds. The average Bonchev–Trinajstić information content (AvgIpc) is 2.49. The number of halogens is 1. The number of hydrogen-bond donors (Lipinski definition) is 1. The number of carbonyl (C=O) groups is 1. The van der Waals surface area contributed by atoms with E-state index >= 15 is 0 Å². The first-order chi connectivity index (χ1) is 9.98. The van der Waals surface area contributed by atoms with Gasteiger partial charge in [-0.05, 0) is 5.56 Å². The summed E-state index contributed by atoms with van der Waals surface area (Å²) in [6.07, 6.45) is -0.346. The van der Waals surface area contributed by atoms with Crippen molar-refractivity contribution in [1.29, 1.82) is 0 Å². The number of hydrogen-bond acceptors (Lipinski definition) is 4. The fraction of sp³-hybridized carbons (Fsp3) is 0.533. The number of rotatable bonds is 7. The first-order valence-corrected chi connectivity index (χ1v) is 6.63. The molecule has 116 valence electrons. The summed E-state index contributed by atoms with van der Waals surface area (Å²) < 4.78 is 30.3. The van der Waals surface area contributed by atoms with Crippen LogP contribution in [0.25, 0.3) is 0 Å². The van der Waals surface area contributed by atoms with Crippen LogP contribution in [-0.4, -0.2) is 43.4 Å². The number of alkyl halides is 1. The number of methoxy groups -OCH3 is 2. The molecule has 1 fully saturated rings. The molecule has 6 heteroatoms. The summed E-state index contributed by atoms with van der Waals surface area (Å²) >= 11 is 0. The molecule has 1 aliphatic carbocycles. The highest BCUT2D eigenvalue weighted by Gasteiger charge is 2.70. The fourth-order valence-electron chi connectivity index (χ4n) is 2.69. The number of benzene rings is 1. The lowest BCUT2D eigenvalue weighted by atomic mass is 9.65. The summed E-state index contributed by atoms with van der Waals surface area (Å²) in [4.78, 5) is 11.1. The Balaban J connectivity index is 2.01. The predicted molar refractivity (Wildman–Crippen MR) is 72.4 cm³/mol. The first kappa shape index (κ1) is 15.9. The Hall–Kier alpha value is -1.50. The van der Waals surface area contributed by atoms with Crippen LogP contribution in [0, 0.1) is 5.92 Å². The summed E-state index contributed by atoms with van der Waals surface area (Å²) in [5.41, 5.74) is -1.46. The number of carboxylic acid groups (broad SMARTS) is 1.